The quantitative estimate of drug-likeness (QED) is 0.152. The molecule has 540 valence electrons. The van der Waals surface area contributed by atoms with Crippen molar-refractivity contribution in [2.45, 2.75) is 0 Å². The van der Waals surface area contributed by atoms with Crippen molar-refractivity contribution in [1.82, 2.24) is 51.5 Å². The summed E-state index contributed by atoms with van der Waals surface area (Å²) in [6.07, 6.45) is 5.72. The van der Waals surface area contributed by atoms with E-state index in [4.69, 9.17) is 15.0 Å². The average Bonchev–Trinajstić information content (AvgIpc) is 1.54. The number of pyridine rings is 3. The fourth-order valence-corrected chi connectivity index (χ4v) is 19.5. The van der Waals surface area contributed by atoms with Gasteiger partial charge in [-0.25, -0.2) is 15.0 Å². The normalized spacial score (nSPS) is 12.1. The number of para-hydroxylation sites is 9. The van der Waals surface area contributed by atoms with Gasteiger partial charge in [0.25, 0.3) is 0 Å². The third kappa shape index (κ3) is 9.15. The lowest BCUT2D eigenvalue weighted by Gasteiger charge is -2.13. The van der Waals surface area contributed by atoms with Crippen molar-refractivity contribution in [2.24, 2.45) is 0 Å². The van der Waals surface area contributed by atoms with E-state index in [1.807, 2.05) is 30.7 Å². The van der Waals surface area contributed by atoms with E-state index in [0.29, 0.717) is 0 Å². The second-order valence-electron chi connectivity index (χ2n) is 30.3. The van der Waals surface area contributed by atoms with Gasteiger partial charge in [-0.2, -0.15) is 0 Å². The van der Waals surface area contributed by atoms with Gasteiger partial charge in [-0.1, -0.05) is 182 Å². The topological polar surface area (TPSA) is 78.1 Å². The second kappa shape index (κ2) is 24.8. The van der Waals surface area contributed by atoms with Crippen LogP contribution in [0.2, 0.25) is 0 Å². The number of benzene rings is 15. The molecule has 0 atom stereocenters. The zero-order chi connectivity index (χ0) is 75.8. The molecule has 26 rings (SSSR count). The first-order chi connectivity index (χ1) is 57.6. The average molecular weight is 1480 g/mol. The standard InChI is InChI=1S/C53H33N5.C52H32N6/c1-6-24-45-38(18-1)39-19-2-7-25-46(39)55(45)34-14-11-16-36(32-34)57-49-28-10-5-22-44(49)51-50(57)30-29-42-43-23-13-31-54-53(43)58(52(42)51)37-17-12-15-35(33-37)56-47-26-8-3-20-40(47)41-21-4-9-27-48(41)56;1-3-13-33(14-4-1)55-44-21-9-7-17-37(44)42-31-35(23-26-46(42)55)57-48-28-25-39-40-19-11-29-53-51(40)58(50(39)49(48)41-20-12-30-54-52(41)57)36-24-27-47-43(32-36)38-18-8-10-22-45(38)56(47)34-15-5-2-6-16-34/h1-33H;1-32H. The Morgan fingerprint density at radius 3 is 0.810 bits per heavy atom. The molecule has 11 heterocycles. The molecular formula is C105H65N11. The fourth-order valence-electron chi connectivity index (χ4n) is 19.5. The summed E-state index contributed by atoms with van der Waals surface area (Å²) in [4.78, 5) is 15.2. The van der Waals surface area contributed by atoms with Crippen LogP contribution in [0.1, 0.15) is 0 Å². The van der Waals surface area contributed by atoms with Gasteiger partial charge in [-0.15, -0.1) is 0 Å². The van der Waals surface area contributed by atoms with E-state index in [1.165, 1.54) is 103 Å². The van der Waals surface area contributed by atoms with Crippen LogP contribution in [0.3, 0.4) is 0 Å². The Morgan fingerprint density at radius 2 is 0.397 bits per heavy atom. The molecule has 0 N–H and O–H groups in total. The molecule has 116 heavy (non-hydrogen) atoms. The molecule has 0 aliphatic rings. The summed E-state index contributed by atoms with van der Waals surface area (Å²) in [6, 6.07) is 136. The van der Waals surface area contributed by atoms with Crippen LogP contribution in [0, 0.1) is 0 Å². The molecule has 0 amide bonds. The first-order valence-corrected chi connectivity index (χ1v) is 39.5. The number of hydrogen-bond acceptors (Lipinski definition) is 3. The highest BCUT2D eigenvalue weighted by atomic mass is 15.1. The summed E-state index contributed by atoms with van der Waals surface area (Å²) in [5, 5.41) is 19.1. The van der Waals surface area contributed by atoms with Crippen molar-refractivity contribution >= 4 is 175 Å². The first kappa shape index (κ1) is 63.9. The third-order valence-corrected chi connectivity index (χ3v) is 24.2. The SMILES string of the molecule is c1cc(-n2c3ccccc3c3ccccc32)cc(-n2c3ccccc3c3c2ccc2c4cccnc4n(-c4cccc(-n5c6ccccc6c6ccccc65)c4)c23)c1.c1ccc(-n2c3ccccc3c3cc(-n4c5ccc6c7cccnc7n(-c7ccc8c(c7)c7ccccc7n8-c7ccccc7)c6c5c5cccnc54)ccc32)cc1. The summed E-state index contributed by atoms with van der Waals surface area (Å²) in [5.74, 6) is 0. The Morgan fingerprint density at radius 1 is 0.138 bits per heavy atom. The minimum atomic E-state index is 0.919. The van der Waals surface area contributed by atoms with Gasteiger partial charge in [0.2, 0.25) is 0 Å². The summed E-state index contributed by atoms with van der Waals surface area (Å²) in [7, 11) is 0. The zero-order valence-electron chi connectivity index (χ0n) is 62.4. The molecule has 0 bridgehead atoms. The summed E-state index contributed by atoms with van der Waals surface area (Å²) in [5.41, 5.74) is 26.8. The van der Waals surface area contributed by atoms with E-state index in [-0.39, 0.29) is 0 Å². The van der Waals surface area contributed by atoms with E-state index < -0.39 is 0 Å². The highest BCUT2D eigenvalue weighted by Crippen LogP contribution is 2.47. The highest BCUT2D eigenvalue weighted by Gasteiger charge is 2.27. The molecule has 11 aromatic heterocycles. The zero-order valence-corrected chi connectivity index (χ0v) is 62.4. The molecule has 15 aromatic carbocycles. The maximum absolute atomic E-state index is 5.09. The third-order valence-electron chi connectivity index (χ3n) is 24.2. The Labute approximate surface area is 662 Å². The van der Waals surface area contributed by atoms with Crippen molar-refractivity contribution in [1.29, 1.82) is 0 Å². The van der Waals surface area contributed by atoms with E-state index in [1.54, 1.807) is 0 Å². The molecular weight excluding hydrogens is 1420 g/mol. The van der Waals surface area contributed by atoms with Crippen LogP contribution in [0.5, 0.6) is 0 Å². The summed E-state index contributed by atoms with van der Waals surface area (Å²) < 4.78 is 19.0. The van der Waals surface area contributed by atoms with E-state index in [2.05, 4.69) is 401 Å². The molecule has 11 nitrogen and oxygen atoms in total. The molecule has 0 spiro atoms. The smallest absolute Gasteiger partial charge is 0.145 e. The molecule has 11 heteroatoms. The van der Waals surface area contributed by atoms with Gasteiger partial charge in [-0.05, 0) is 194 Å². The van der Waals surface area contributed by atoms with E-state index >= 15 is 0 Å². The van der Waals surface area contributed by atoms with E-state index in [9.17, 15) is 0 Å². The van der Waals surface area contributed by atoms with Crippen LogP contribution in [-0.2, 0) is 0 Å². The van der Waals surface area contributed by atoms with Crippen molar-refractivity contribution in [2.75, 3.05) is 0 Å². The molecule has 0 aliphatic carbocycles. The Kier molecular flexibility index (Phi) is 13.7. The maximum atomic E-state index is 5.09. The first-order valence-electron chi connectivity index (χ1n) is 39.5. The summed E-state index contributed by atoms with van der Waals surface area (Å²) >= 11 is 0. The molecule has 26 aromatic rings. The maximum Gasteiger partial charge on any atom is 0.145 e. The minimum Gasteiger partial charge on any atom is -0.309 e. The molecule has 0 radical (unpaired) electrons. The molecule has 0 saturated carbocycles. The van der Waals surface area contributed by atoms with Crippen LogP contribution < -0.4 is 0 Å². The fraction of sp³-hybridized carbons (Fsp3) is 0. The van der Waals surface area contributed by atoms with E-state index in [0.717, 1.165) is 117 Å². The molecule has 0 aliphatic heterocycles. The van der Waals surface area contributed by atoms with Gasteiger partial charge in [0.1, 0.15) is 16.9 Å². The van der Waals surface area contributed by atoms with Gasteiger partial charge in [0.05, 0.1) is 71.7 Å². The summed E-state index contributed by atoms with van der Waals surface area (Å²) in [6.45, 7) is 0. The Hall–Kier alpha value is -15.9. The predicted molar refractivity (Wildman–Crippen MR) is 481 cm³/mol. The number of fused-ring (bicyclic) bond motifs is 26. The van der Waals surface area contributed by atoms with Crippen LogP contribution >= 0.6 is 0 Å². The van der Waals surface area contributed by atoms with Crippen molar-refractivity contribution in [3.8, 4) is 45.5 Å². The lowest BCUT2D eigenvalue weighted by Crippen LogP contribution is -2.00. The monoisotopic (exact) mass is 1480 g/mol. The number of nitrogens with zero attached hydrogens (tertiary/aromatic N) is 11. The van der Waals surface area contributed by atoms with Crippen molar-refractivity contribution in [3.05, 3.63) is 395 Å². The van der Waals surface area contributed by atoms with Gasteiger partial charge in [0, 0.05) is 150 Å². The minimum absolute atomic E-state index is 0.919. The lowest BCUT2D eigenvalue weighted by atomic mass is 10.1. The molecule has 0 unspecified atom stereocenters. The van der Waals surface area contributed by atoms with Crippen LogP contribution in [0.4, 0.5) is 0 Å². The largest absolute Gasteiger partial charge is 0.309 e. The highest BCUT2D eigenvalue weighted by molar-refractivity contribution is 6.28. The molecule has 0 fully saturated rings. The lowest BCUT2D eigenvalue weighted by molar-refractivity contribution is 1.11. The second-order valence-corrected chi connectivity index (χ2v) is 30.3. The number of rotatable bonds is 8. The van der Waals surface area contributed by atoms with Crippen molar-refractivity contribution < 1.29 is 0 Å². The van der Waals surface area contributed by atoms with Crippen LogP contribution in [-0.4, -0.2) is 51.5 Å². The van der Waals surface area contributed by atoms with Gasteiger partial charge >= 0.3 is 0 Å². The van der Waals surface area contributed by atoms with Crippen LogP contribution in [0.15, 0.2) is 395 Å². The predicted octanol–water partition coefficient (Wildman–Crippen LogP) is 26.3. The Balaban J connectivity index is 0.000000130. The van der Waals surface area contributed by atoms with Crippen LogP contribution in [0.25, 0.3) is 220 Å². The molecule has 0 saturated heterocycles. The van der Waals surface area contributed by atoms with Gasteiger partial charge < -0.3 is 22.8 Å². The van der Waals surface area contributed by atoms with Gasteiger partial charge in [0.15, 0.2) is 0 Å². The van der Waals surface area contributed by atoms with Gasteiger partial charge in [-0.3, -0.25) is 13.7 Å². The van der Waals surface area contributed by atoms with Crippen molar-refractivity contribution in [3.63, 3.8) is 0 Å². The number of hydrogen-bond donors (Lipinski definition) is 0. The number of aromatic nitrogens is 11. The Bertz CT molecular complexity index is 8500.